The van der Waals surface area contributed by atoms with Gasteiger partial charge in [0, 0.05) is 0 Å². The second kappa shape index (κ2) is 18.3. The number of hydrogen-bond acceptors (Lipinski definition) is 4. The molecular formula is C31H50N2O2. The molecule has 4 heteroatoms. The molecule has 3 N–H and O–H groups in total. The fourth-order valence-corrected chi connectivity index (χ4v) is 4.41. The van der Waals surface area contributed by atoms with Gasteiger partial charge in [0.05, 0.1) is 13.2 Å². The van der Waals surface area contributed by atoms with Gasteiger partial charge in [-0.2, -0.15) is 0 Å². The maximum atomic E-state index is 6.17. The first kappa shape index (κ1) is 29.2. The smallest absolute Gasteiger partial charge is 0.119 e. The zero-order valence-electron chi connectivity index (χ0n) is 22.6. The van der Waals surface area contributed by atoms with Crippen LogP contribution >= 0.6 is 0 Å². The van der Waals surface area contributed by atoms with Crippen molar-refractivity contribution in [3.05, 3.63) is 59.7 Å². The van der Waals surface area contributed by atoms with Crippen molar-refractivity contribution in [3.8, 4) is 11.5 Å². The van der Waals surface area contributed by atoms with E-state index in [9.17, 15) is 0 Å². The zero-order valence-corrected chi connectivity index (χ0v) is 22.6. The Kier molecular flexibility index (Phi) is 15.2. The third kappa shape index (κ3) is 12.5. The van der Waals surface area contributed by atoms with Crippen molar-refractivity contribution in [3.63, 3.8) is 0 Å². The monoisotopic (exact) mass is 482 g/mol. The average molecular weight is 483 g/mol. The summed E-state index contributed by atoms with van der Waals surface area (Å²) in [5.74, 6) is 3.23. The van der Waals surface area contributed by atoms with Gasteiger partial charge in [-0.05, 0) is 105 Å². The van der Waals surface area contributed by atoms with Crippen LogP contribution in [0.5, 0.6) is 11.5 Å². The van der Waals surface area contributed by atoms with Gasteiger partial charge >= 0.3 is 0 Å². The van der Waals surface area contributed by atoms with Crippen molar-refractivity contribution in [2.75, 3.05) is 32.8 Å². The quantitative estimate of drug-likeness (QED) is 0.204. The molecule has 0 saturated heterocycles. The van der Waals surface area contributed by atoms with Crippen molar-refractivity contribution in [1.82, 2.24) is 5.32 Å². The summed E-state index contributed by atoms with van der Waals surface area (Å²) < 4.78 is 12.2. The van der Waals surface area contributed by atoms with Gasteiger partial charge in [-0.15, -0.1) is 0 Å². The molecule has 196 valence electrons. The first-order valence-electron chi connectivity index (χ1n) is 14.0. The lowest BCUT2D eigenvalue weighted by molar-refractivity contribution is 0.229. The molecule has 0 aromatic heterocycles. The minimum Gasteiger partial charge on any atom is -0.493 e. The Hall–Kier alpha value is -2.04. The summed E-state index contributed by atoms with van der Waals surface area (Å²) in [5.41, 5.74) is 8.32. The maximum Gasteiger partial charge on any atom is 0.119 e. The first-order chi connectivity index (χ1) is 17.2. The fraction of sp³-hybridized carbons (Fsp3) is 0.613. The standard InChI is InChI=1S/C31H50N2O2/c1-4-11-29(25-35-31-17-7-12-27(22-31)14-9-19-32)18-21-33-20-10-15-28-13-8-16-30(23-28)34-24-26(5-2)6-3/h7-8,12-13,16-17,22-23,26,29,33H,4-6,9-11,14-15,18-21,24-25,32H2,1-3H3. The Balaban J connectivity index is 1.65. The summed E-state index contributed by atoms with van der Waals surface area (Å²) in [6.45, 7) is 11.2. The van der Waals surface area contributed by atoms with E-state index in [1.54, 1.807) is 0 Å². The molecule has 0 aliphatic heterocycles. The molecule has 0 bridgehead atoms. The van der Waals surface area contributed by atoms with Gasteiger partial charge in [0.2, 0.25) is 0 Å². The molecule has 2 aromatic rings. The van der Waals surface area contributed by atoms with Crippen molar-refractivity contribution in [2.24, 2.45) is 17.6 Å². The van der Waals surface area contributed by atoms with Gasteiger partial charge in [-0.25, -0.2) is 0 Å². The molecule has 0 amide bonds. The lowest BCUT2D eigenvalue weighted by Gasteiger charge is -2.18. The molecule has 0 saturated carbocycles. The van der Waals surface area contributed by atoms with E-state index in [0.29, 0.717) is 11.8 Å². The number of hydrogen-bond donors (Lipinski definition) is 2. The minimum atomic E-state index is 0.587. The topological polar surface area (TPSA) is 56.5 Å². The van der Waals surface area contributed by atoms with Crippen LogP contribution < -0.4 is 20.5 Å². The normalized spacial score (nSPS) is 12.1. The third-order valence-corrected chi connectivity index (χ3v) is 6.84. The van der Waals surface area contributed by atoms with Crippen molar-refractivity contribution >= 4 is 0 Å². The molecule has 0 aliphatic carbocycles. The third-order valence-electron chi connectivity index (χ3n) is 6.84. The van der Waals surface area contributed by atoms with Crippen LogP contribution in [0.4, 0.5) is 0 Å². The highest BCUT2D eigenvalue weighted by Gasteiger charge is 2.09. The summed E-state index contributed by atoms with van der Waals surface area (Å²) in [4.78, 5) is 0. The number of nitrogens with two attached hydrogens (primary N) is 1. The number of nitrogens with one attached hydrogen (secondary N) is 1. The van der Waals surface area contributed by atoms with E-state index in [0.717, 1.165) is 76.5 Å². The maximum absolute atomic E-state index is 6.17. The van der Waals surface area contributed by atoms with E-state index in [1.165, 1.54) is 36.8 Å². The first-order valence-corrected chi connectivity index (χ1v) is 14.0. The highest BCUT2D eigenvalue weighted by Crippen LogP contribution is 2.19. The van der Waals surface area contributed by atoms with Crippen LogP contribution in [0.15, 0.2) is 48.5 Å². The summed E-state index contributed by atoms with van der Waals surface area (Å²) in [6, 6.07) is 17.1. The Morgan fingerprint density at radius 2 is 1.34 bits per heavy atom. The predicted octanol–water partition coefficient (Wildman–Crippen LogP) is 6.80. The van der Waals surface area contributed by atoms with Crippen LogP contribution in [0.1, 0.15) is 76.8 Å². The fourth-order valence-electron chi connectivity index (χ4n) is 4.41. The van der Waals surface area contributed by atoms with Crippen LogP contribution in [0.3, 0.4) is 0 Å². The Labute approximate surface area is 215 Å². The van der Waals surface area contributed by atoms with Gasteiger partial charge < -0.3 is 20.5 Å². The predicted molar refractivity (Wildman–Crippen MR) is 150 cm³/mol. The second-order valence-corrected chi connectivity index (χ2v) is 9.79. The SMILES string of the molecule is CCCC(CCNCCCc1cccc(OCC(CC)CC)c1)COc1cccc(CCCN)c1. The lowest BCUT2D eigenvalue weighted by Crippen LogP contribution is -2.22. The van der Waals surface area contributed by atoms with E-state index in [4.69, 9.17) is 15.2 Å². The molecule has 2 aromatic carbocycles. The Bertz CT molecular complexity index is 791. The molecule has 35 heavy (non-hydrogen) atoms. The Morgan fingerprint density at radius 3 is 1.91 bits per heavy atom. The highest BCUT2D eigenvalue weighted by molar-refractivity contribution is 5.29. The van der Waals surface area contributed by atoms with Crippen LogP contribution in [0, 0.1) is 11.8 Å². The van der Waals surface area contributed by atoms with Crippen molar-refractivity contribution in [1.29, 1.82) is 0 Å². The number of ether oxygens (including phenoxy) is 2. The number of aryl methyl sites for hydroxylation is 2. The lowest BCUT2D eigenvalue weighted by atomic mass is 10.0. The van der Waals surface area contributed by atoms with E-state index in [1.807, 2.05) is 0 Å². The average Bonchev–Trinajstić information content (AvgIpc) is 2.89. The van der Waals surface area contributed by atoms with Crippen LogP contribution in [-0.4, -0.2) is 32.8 Å². The zero-order chi connectivity index (χ0) is 25.1. The molecule has 2 rings (SSSR count). The molecule has 0 radical (unpaired) electrons. The van der Waals surface area contributed by atoms with Crippen molar-refractivity contribution < 1.29 is 9.47 Å². The molecule has 1 atom stereocenters. The van der Waals surface area contributed by atoms with Crippen molar-refractivity contribution in [2.45, 2.75) is 78.6 Å². The van der Waals surface area contributed by atoms with E-state index >= 15 is 0 Å². The molecule has 0 fully saturated rings. The van der Waals surface area contributed by atoms with E-state index in [2.05, 4.69) is 74.6 Å². The molecule has 0 spiro atoms. The van der Waals surface area contributed by atoms with Crippen LogP contribution in [0.25, 0.3) is 0 Å². The summed E-state index contributed by atoms with van der Waals surface area (Å²) in [6.07, 6.45) is 10.2. The minimum absolute atomic E-state index is 0.587. The Morgan fingerprint density at radius 1 is 0.743 bits per heavy atom. The summed E-state index contributed by atoms with van der Waals surface area (Å²) in [5, 5.41) is 3.65. The van der Waals surface area contributed by atoms with Gasteiger partial charge in [-0.3, -0.25) is 0 Å². The second-order valence-electron chi connectivity index (χ2n) is 9.79. The highest BCUT2D eigenvalue weighted by atomic mass is 16.5. The van der Waals surface area contributed by atoms with E-state index < -0.39 is 0 Å². The van der Waals surface area contributed by atoms with Gasteiger partial charge in [-0.1, -0.05) is 64.3 Å². The molecule has 0 heterocycles. The molecule has 0 aliphatic rings. The molecular weight excluding hydrogens is 432 g/mol. The number of rotatable bonds is 20. The van der Waals surface area contributed by atoms with Gasteiger partial charge in [0.1, 0.15) is 11.5 Å². The van der Waals surface area contributed by atoms with Gasteiger partial charge in [0.25, 0.3) is 0 Å². The van der Waals surface area contributed by atoms with E-state index in [-0.39, 0.29) is 0 Å². The largest absolute Gasteiger partial charge is 0.493 e. The molecule has 4 nitrogen and oxygen atoms in total. The summed E-state index contributed by atoms with van der Waals surface area (Å²) >= 11 is 0. The molecule has 1 unspecified atom stereocenters. The summed E-state index contributed by atoms with van der Waals surface area (Å²) in [7, 11) is 0. The number of benzene rings is 2. The van der Waals surface area contributed by atoms with Crippen LogP contribution in [-0.2, 0) is 12.8 Å². The van der Waals surface area contributed by atoms with Crippen LogP contribution in [0.2, 0.25) is 0 Å². The van der Waals surface area contributed by atoms with Gasteiger partial charge in [0.15, 0.2) is 0 Å².